The molecule has 1 aromatic carbocycles. The van der Waals surface area contributed by atoms with Gasteiger partial charge in [-0.15, -0.1) is 0 Å². The summed E-state index contributed by atoms with van der Waals surface area (Å²) in [6.07, 6.45) is 6.86. The highest BCUT2D eigenvalue weighted by Crippen LogP contribution is 2.40. The zero-order valence-electron chi connectivity index (χ0n) is 15.5. The molecule has 2 heterocycles. The van der Waals surface area contributed by atoms with Crippen molar-refractivity contribution in [3.05, 3.63) is 39.7 Å². The first-order valence-corrected chi connectivity index (χ1v) is 9.59. The number of benzene rings is 1. The summed E-state index contributed by atoms with van der Waals surface area (Å²) < 4.78 is 6.97. The van der Waals surface area contributed by atoms with Gasteiger partial charge in [0, 0.05) is 12.3 Å². The van der Waals surface area contributed by atoms with Crippen molar-refractivity contribution in [3.63, 3.8) is 0 Å². The van der Waals surface area contributed by atoms with Crippen LogP contribution in [0, 0.1) is 0 Å². The summed E-state index contributed by atoms with van der Waals surface area (Å²) >= 11 is 0. The molecule has 27 heavy (non-hydrogen) atoms. The number of hydrogen-bond donors (Lipinski definition) is 3. The summed E-state index contributed by atoms with van der Waals surface area (Å²) in [6, 6.07) is 5.24. The van der Waals surface area contributed by atoms with Crippen LogP contribution in [-0.2, 0) is 4.79 Å². The summed E-state index contributed by atoms with van der Waals surface area (Å²) in [5.74, 6) is 0.445. The fourth-order valence-electron chi connectivity index (χ4n) is 4.38. The number of aromatic hydroxyl groups is 1. The van der Waals surface area contributed by atoms with Crippen LogP contribution in [0.4, 0.5) is 5.82 Å². The number of ether oxygens (including phenoxy) is 1. The van der Waals surface area contributed by atoms with Crippen LogP contribution in [0.3, 0.4) is 0 Å². The number of phenolic OH excluding ortho intramolecular Hbond substituents is 1. The molecule has 1 amide bonds. The molecule has 0 spiro atoms. The molecule has 1 aliphatic heterocycles. The first-order chi connectivity index (χ1) is 13.1. The largest absolute Gasteiger partial charge is 0.504 e. The van der Waals surface area contributed by atoms with E-state index in [1.807, 2.05) is 4.68 Å². The van der Waals surface area contributed by atoms with Crippen LogP contribution in [0.5, 0.6) is 11.5 Å². The molecule has 3 N–H and O–H groups in total. The quantitative estimate of drug-likeness (QED) is 0.722. The van der Waals surface area contributed by atoms with Crippen molar-refractivity contribution in [1.29, 1.82) is 0 Å². The van der Waals surface area contributed by atoms with Gasteiger partial charge < -0.3 is 15.2 Å². The third kappa shape index (κ3) is 3.22. The molecule has 1 aliphatic carbocycles. The number of aromatic amines is 1. The Kier molecular flexibility index (Phi) is 4.68. The Morgan fingerprint density at radius 1 is 1.15 bits per heavy atom. The lowest BCUT2D eigenvalue weighted by Gasteiger charge is -2.26. The van der Waals surface area contributed by atoms with Crippen molar-refractivity contribution in [3.8, 4) is 11.5 Å². The smallest absolute Gasteiger partial charge is 0.270 e. The van der Waals surface area contributed by atoms with Gasteiger partial charge >= 0.3 is 0 Å². The third-order valence-electron chi connectivity index (χ3n) is 5.75. The highest BCUT2D eigenvalue weighted by molar-refractivity contribution is 5.94. The molecule has 1 atom stereocenters. The molecule has 0 radical (unpaired) electrons. The zero-order chi connectivity index (χ0) is 19.0. The predicted octanol–water partition coefficient (Wildman–Crippen LogP) is 3.26. The molecule has 2 aromatic rings. The minimum atomic E-state index is -0.388. The van der Waals surface area contributed by atoms with E-state index in [1.165, 1.54) is 20.0 Å². The van der Waals surface area contributed by atoms with Crippen LogP contribution < -0.4 is 15.6 Å². The van der Waals surface area contributed by atoms with E-state index < -0.39 is 0 Å². The van der Waals surface area contributed by atoms with Gasteiger partial charge in [-0.05, 0) is 30.5 Å². The highest BCUT2D eigenvalue weighted by atomic mass is 16.5. The maximum Gasteiger partial charge on any atom is 0.270 e. The SMILES string of the molecule is COc1ccc([C@@H]2CC(=O)Nc3c2c(=O)[nH]n3C2CCCCCC2)cc1O. The molecule has 144 valence electrons. The number of fused-ring (bicyclic) bond motifs is 1. The van der Waals surface area contributed by atoms with E-state index >= 15 is 0 Å². The van der Waals surface area contributed by atoms with Crippen LogP contribution in [0.1, 0.15) is 68.0 Å². The lowest BCUT2D eigenvalue weighted by Crippen LogP contribution is -2.27. The average molecular weight is 371 g/mol. The summed E-state index contributed by atoms with van der Waals surface area (Å²) in [5.41, 5.74) is 1.13. The van der Waals surface area contributed by atoms with Gasteiger partial charge in [0.25, 0.3) is 5.56 Å². The van der Waals surface area contributed by atoms with Crippen molar-refractivity contribution in [1.82, 2.24) is 9.78 Å². The van der Waals surface area contributed by atoms with E-state index in [0.29, 0.717) is 17.1 Å². The maximum absolute atomic E-state index is 12.8. The predicted molar refractivity (Wildman–Crippen MR) is 102 cm³/mol. The molecule has 1 aromatic heterocycles. The topological polar surface area (TPSA) is 96.4 Å². The first-order valence-electron chi connectivity index (χ1n) is 9.59. The van der Waals surface area contributed by atoms with Gasteiger partial charge in [0.05, 0.1) is 18.7 Å². The second-order valence-electron chi connectivity index (χ2n) is 7.45. The van der Waals surface area contributed by atoms with Crippen LogP contribution in [0.15, 0.2) is 23.0 Å². The standard InChI is InChI=1S/C20H25N3O4/c1-27-16-9-8-12(10-15(16)24)14-11-17(25)21-19-18(14)20(26)22-23(19)13-6-4-2-3-5-7-13/h8-10,13-14,24H,2-7,11H2,1H3,(H,21,25)(H,22,26)/t14-/m0/s1. The number of carbonyl (C=O) groups is 1. The minimum absolute atomic E-state index is 0.00200. The molecule has 2 aliphatic rings. The van der Waals surface area contributed by atoms with Gasteiger partial charge in [-0.2, -0.15) is 0 Å². The van der Waals surface area contributed by atoms with E-state index in [1.54, 1.807) is 18.2 Å². The Morgan fingerprint density at radius 2 is 1.89 bits per heavy atom. The number of anilines is 1. The van der Waals surface area contributed by atoms with E-state index in [-0.39, 0.29) is 35.6 Å². The van der Waals surface area contributed by atoms with E-state index in [9.17, 15) is 14.7 Å². The van der Waals surface area contributed by atoms with Gasteiger partial charge in [-0.3, -0.25) is 19.4 Å². The van der Waals surface area contributed by atoms with Crippen molar-refractivity contribution in [2.24, 2.45) is 0 Å². The number of carbonyl (C=O) groups excluding carboxylic acids is 1. The second kappa shape index (κ2) is 7.13. The zero-order valence-corrected chi connectivity index (χ0v) is 15.5. The van der Waals surface area contributed by atoms with E-state index in [2.05, 4.69) is 10.4 Å². The van der Waals surface area contributed by atoms with E-state index in [4.69, 9.17) is 4.74 Å². The molecule has 1 saturated carbocycles. The van der Waals surface area contributed by atoms with Crippen molar-refractivity contribution < 1.29 is 14.6 Å². The highest BCUT2D eigenvalue weighted by Gasteiger charge is 2.34. The fraction of sp³-hybridized carbons (Fsp3) is 0.500. The monoisotopic (exact) mass is 371 g/mol. The van der Waals surface area contributed by atoms with Crippen molar-refractivity contribution >= 4 is 11.7 Å². The first kappa shape index (κ1) is 17.7. The summed E-state index contributed by atoms with van der Waals surface area (Å²) in [5, 5.41) is 16.0. The summed E-state index contributed by atoms with van der Waals surface area (Å²) in [6.45, 7) is 0. The van der Waals surface area contributed by atoms with Gasteiger partial charge in [-0.25, -0.2) is 0 Å². The van der Waals surface area contributed by atoms with E-state index in [0.717, 1.165) is 31.2 Å². The molecule has 0 saturated heterocycles. The average Bonchev–Trinajstić information content (AvgIpc) is 2.84. The Bertz CT molecular complexity index is 906. The molecular weight excluding hydrogens is 346 g/mol. The Hall–Kier alpha value is -2.70. The number of methoxy groups -OCH3 is 1. The van der Waals surface area contributed by atoms with Gasteiger partial charge in [0.2, 0.25) is 5.91 Å². The molecular formula is C20H25N3O4. The fourth-order valence-corrected chi connectivity index (χ4v) is 4.38. The molecule has 1 fully saturated rings. The molecule has 4 rings (SSSR count). The molecule has 7 nitrogen and oxygen atoms in total. The third-order valence-corrected chi connectivity index (χ3v) is 5.75. The van der Waals surface area contributed by atoms with Crippen LogP contribution in [0.25, 0.3) is 0 Å². The number of hydrogen-bond acceptors (Lipinski definition) is 4. The second-order valence-corrected chi connectivity index (χ2v) is 7.45. The number of aromatic nitrogens is 2. The van der Waals surface area contributed by atoms with Crippen LogP contribution in [-0.4, -0.2) is 27.9 Å². The number of phenols is 1. The lowest BCUT2D eigenvalue weighted by atomic mass is 9.87. The Morgan fingerprint density at radius 3 is 2.56 bits per heavy atom. The van der Waals surface area contributed by atoms with Crippen LogP contribution in [0.2, 0.25) is 0 Å². The maximum atomic E-state index is 12.8. The molecule has 7 heteroatoms. The van der Waals surface area contributed by atoms with Gasteiger partial charge in [0.15, 0.2) is 11.5 Å². The Labute approximate surface area is 157 Å². The number of H-pyrrole nitrogens is 1. The minimum Gasteiger partial charge on any atom is -0.504 e. The van der Waals surface area contributed by atoms with Gasteiger partial charge in [0.1, 0.15) is 5.82 Å². The summed E-state index contributed by atoms with van der Waals surface area (Å²) in [4.78, 5) is 25.2. The number of nitrogens with one attached hydrogen (secondary N) is 2. The number of rotatable bonds is 3. The number of amides is 1. The normalized spacial score (nSPS) is 20.6. The van der Waals surface area contributed by atoms with Crippen molar-refractivity contribution in [2.75, 3.05) is 12.4 Å². The Balaban J connectivity index is 1.77. The van der Waals surface area contributed by atoms with Gasteiger partial charge in [-0.1, -0.05) is 31.7 Å². The lowest BCUT2D eigenvalue weighted by molar-refractivity contribution is -0.116. The van der Waals surface area contributed by atoms with Crippen molar-refractivity contribution in [2.45, 2.75) is 56.9 Å². The molecule has 0 bridgehead atoms. The molecule has 0 unspecified atom stereocenters. The van der Waals surface area contributed by atoms with Crippen LogP contribution >= 0.6 is 0 Å². The number of nitrogens with zero attached hydrogens (tertiary/aromatic N) is 1. The summed E-state index contributed by atoms with van der Waals surface area (Å²) in [7, 11) is 1.48.